The number of ether oxygens (including phenoxy) is 1. The van der Waals surface area contributed by atoms with Crippen LogP contribution in [0.2, 0.25) is 0 Å². The zero-order chi connectivity index (χ0) is 23.6. The molecule has 0 radical (unpaired) electrons. The van der Waals surface area contributed by atoms with Crippen LogP contribution < -0.4 is 0 Å². The summed E-state index contributed by atoms with van der Waals surface area (Å²) in [4.78, 5) is 0. The molecule has 1 aromatic rings. The van der Waals surface area contributed by atoms with E-state index < -0.39 is 30.4 Å². The Morgan fingerprint density at radius 2 is 1.41 bits per heavy atom. The molecule has 1 saturated carbocycles. The highest BCUT2D eigenvalue weighted by molar-refractivity contribution is 5.27. The molecule has 2 rings (SSSR count). The van der Waals surface area contributed by atoms with E-state index >= 15 is 0 Å². The summed E-state index contributed by atoms with van der Waals surface area (Å²) in [5, 5.41) is 0. The number of unbranched alkanes of at least 4 members (excludes halogenated alkanes) is 5. The number of hydrogen-bond donors (Lipinski definition) is 0. The molecule has 32 heavy (non-hydrogen) atoms. The topological polar surface area (TPSA) is 9.23 Å². The fourth-order valence-electron chi connectivity index (χ4n) is 4.71. The molecule has 0 saturated heterocycles. The van der Waals surface area contributed by atoms with E-state index in [1.165, 1.54) is 37.8 Å². The number of halogens is 5. The smallest absolute Gasteiger partial charge is 0.304 e. The summed E-state index contributed by atoms with van der Waals surface area (Å²) in [6.45, 7) is 4.14. The summed E-state index contributed by atoms with van der Waals surface area (Å²) in [5.74, 6) is 1.09. The Balaban J connectivity index is 1.93. The summed E-state index contributed by atoms with van der Waals surface area (Å²) in [7, 11) is 0. The summed E-state index contributed by atoms with van der Waals surface area (Å²) in [6, 6.07) is 5.73. The molecule has 0 amide bonds. The molecule has 1 nitrogen and oxygen atoms in total. The minimum atomic E-state index is -4.81. The van der Waals surface area contributed by atoms with Gasteiger partial charge < -0.3 is 4.74 Å². The van der Waals surface area contributed by atoms with E-state index in [0.29, 0.717) is 12.3 Å². The van der Waals surface area contributed by atoms with Crippen molar-refractivity contribution in [2.75, 3.05) is 0 Å². The van der Waals surface area contributed by atoms with Gasteiger partial charge in [-0.05, 0) is 49.5 Å². The van der Waals surface area contributed by atoms with Gasteiger partial charge in [0.1, 0.15) is 0 Å². The Morgan fingerprint density at radius 3 is 1.97 bits per heavy atom. The Morgan fingerprint density at radius 1 is 0.812 bits per heavy atom. The van der Waals surface area contributed by atoms with Gasteiger partial charge in [-0.3, -0.25) is 0 Å². The van der Waals surface area contributed by atoms with Crippen molar-refractivity contribution in [2.45, 2.75) is 122 Å². The van der Waals surface area contributed by atoms with Gasteiger partial charge in [-0.25, -0.2) is 0 Å². The zero-order valence-corrected chi connectivity index (χ0v) is 19.5. The van der Waals surface area contributed by atoms with Crippen molar-refractivity contribution in [3.8, 4) is 0 Å². The van der Waals surface area contributed by atoms with E-state index in [1.54, 1.807) is 12.1 Å². The second-order valence-electron chi connectivity index (χ2n) is 9.35. The highest BCUT2D eigenvalue weighted by Gasteiger charge is 2.47. The normalized spacial score (nSPS) is 21.0. The Kier molecular flexibility index (Phi) is 10.9. The van der Waals surface area contributed by atoms with Crippen molar-refractivity contribution in [3.63, 3.8) is 0 Å². The molecule has 0 N–H and O–H groups in total. The minimum absolute atomic E-state index is 0.216. The number of hydrogen-bond acceptors (Lipinski definition) is 1. The largest absolute Gasteiger partial charge is 0.414 e. The molecule has 184 valence electrons. The van der Waals surface area contributed by atoms with Crippen molar-refractivity contribution in [2.24, 2.45) is 5.92 Å². The van der Waals surface area contributed by atoms with E-state index in [-0.39, 0.29) is 6.42 Å². The van der Waals surface area contributed by atoms with Crippen molar-refractivity contribution < 1.29 is 26.7 Å². The predicted molar refractivity (Wildman–Crippen MR) is 119 cm³/mol. The molecule has 1 aliphatic carbocycles. The third kappa shape index (κ3) is 8.64. The molecule has 0 heterocycles. The standard InChI is InChI=1S/C26H39F5O/c1-3-5-7-9-11-24(25(27,28)29)32-26(30,31)23-18-16-22(17-19-23)21-14-12-20(13-15-21)10-8-6-4-2/h16-21,24H,3-15H2,1-2H3/t20?,21?,24-/m0/s1. The van der Waals surface area contributed by atoms with Crippen LogP contribution in [0, 0.1) is 5.92 Å². The molecule has 1 atom stereocenters. The van der Waals surface area contributed by atoms with Gasteiger partial charge in [0.05, 0.1) is 5.56 Å². The van der Waals surface area contributed by atoms with Gasteiger partial charge in [0.15, 0.2) is 6.10 Å². The van der Waals surface area contributed by atoms with E-state index in [1.807, 2.05) is 6.92 Å². The number of benzene rings is 1. The molecule has 0 aliphatic heterocycles. The second kappa shape index (κ2) is 12.9. The van der Waals surface area contributed by atoms with Gasteiger partial charge in [0.2, 0.25) is 0 Å². The summed E-state index contributed by atoms with van der Waals surface area (Å²) < 4.78 is 73.2. The van der Waals surface area contributed by atoms with Crippen LogP contribution in [0.15, 0.2) is 24.3 Å². The van der Waals surface area contributed by atoms with E-state index in [9.17, 15) is 22.0 Å². The molecule has 1 aliphatic rings. The van der Waals surface area contributed by atoms with Gasteiger partial charge in [-0.2, -0.15) is 22.0 Å². The monoisotopic (exact) mass is 462 g/mol. The van der Waals surface area contributed by atoms with Crippen LogP contribution in [-0.4, -0.2) is 12.3 Å². The van der Waals surface area contributed by atoms with Gasteiger partial charge in [0.25, 0.3) is 0 Å². The molecule has 0 bridgehead atoms. The van der Waals surface area contributed by atoms with Crippen LogP contribution in [0.1, 0.15) is 114 Å². The maximum atomic E-state index is 14.6. The molecule has 0 spiro atoms. The predicted octanol–water partition coefficient (Wildman–Crippen LogP) is 9.51. The molecule has 0 aromatic heterocycles. The Bertz CT molecular complexity index is 633. The summed E-state index contributed by atoms with van der Waals surface area (Å²) in [6.07, 6.45) is 0.154. The third-order valence-electron chi connectivity index (χ3n) is 6.76. The van der Waals surface area contributed by atoms with Crippen LogP contribution in [0.5, 0.6) is 0 Å². The lowest BCUT2D eigenvalue weighted by Gasteiger charge is -2.29. The van der Waals surface area contributed by atoms with Crippen LogP contribution in [0.4, 0.5) is 22.0 Å². The summed E-state index contributed by atoms with van der Waals surface area (Å²) in [5.41, 5.74) is 0.473. The first kappa shape index (κ1) is 27.1. The highest BCUT2D eigenvalue weighted by Crippen LogP contribution is 2.40. The molecule has 1 fully saturated rings. The highest BCUT2D eigenvalue weighted by atomic mass is 19.4. The van der Waals surface area contributed by atoms with Gasteiger partial charge in [-0.15, -0.1) is 0 Å². The lowest BCUT2D eigenvalue weighted by molar-refractivity contribution is -0.333. The van der Waals surface area contributed by atoms with Crippen LogP contribution >= 0.6 is 0 Å². The first-order chi connectivity index (χ1) is 15.2. The minimum Gasteiger partial charge on any atom is -0.304 e. The Labute approximate surface area is 190 Å². The van der Waals surface area contributed by atoms with Crippen molar-refractivity contribution in [3.05, 3.63) is 35.4 Å². The van der Waals surface area contributed by atoms with Crippen LogP contribution in [0.25, 0.3) is 0 Å². The van der Waals surface area contributed by atoms with Crippen molar-refractivity contribution in [1.82, 2.24) is 0 Å². The van der Waals surface area contributed by atoms with Crippen LogP contribution in [0.3, 0.4) is 0 Å². The second-order valence-corrected chi connectivity index (χ2v) is 9.35. The maximum Gasteiger partial charge on any atom is 0.414 e. The van der Waals surface area contributed by atoms with Crippen molar-refractivity contribution >= 4 is 0 Å². The number of rotatable bonds is 13. The lowest BCUT2D eigenvalue weighted by Crippen LogP contribution is -2.37. The molecule has 1 aromatic carbocycles. The fourth-order valence-corrected chi connectivity index (χ4v) is 4.71. The summed E-state index contributed by atoms with van der Waals surface area (Å²) >= 11 is 0. The average Bonchev–Trinajstić information content (AvgIpc) is 2.76. The average molecular weight is 463 g/mol. The SMILES string of the molecule is CCCCCC[C@H](OC(F)(F)c1ccc(C2CCC(CCCCC)CC2)cc1)C(F)(F)F. The zero-order valence-electron chi connectivity index (χ0n) is 19.5. The fraction of sp³-hybridized carbons (Fsp3) is 0.769. The van der Waals surface area contributed by atoms with Crippen molar-refractivity contribution in [1.29, 1.82) is 0 Å². The quantitative estimate of drug-likeness (QED) is 0.209. The van der Waals surface area contributed by atoms with E-state index in [0.717, 1.165) is 50.0 Å². The molecular weight excluding hydrogens is 423 g/mol. The first-order valence-corrected chi connectivity index (χ1v) is 12.4. The van der Waals surface area contributed by atoms with Gasteiger partial charge >= 0.3 is 12.3 Å². The van der Waals surface area contributed by atoms with Gasteiger partial charge in [-0.1, -0.05) is 89.5 Å². The molecule has 0 unspecified atom stereocenters. The maximum absolute atomic E-state index is 14.6. The van der Waals surface area contributed by atoms with Gasteiger partial charge in [0, 0.05) is 0 Å². The third-order valence-corrected chi connectivity index (χ3v) is 6.76. The molecular formula is C26H39F5O. The first-order valence-electron chi connectivity index (χ1n) is 12.4. The lowest BCUT2D eigenvalue weighted by atomic mass is 9.77. The molecule has 6 heteroatoms. The van der Waals surface area contributed by atoms with Crippen LogP contribution in [-0.2, 0) is 10.8 Å². The van der Waals surface area contributed by atoms with E-state index in [2.05, 4.69) is 11.7 Å². The number of alkyl halides is 5. The van der Waals surface area contributed by atoms with E-state index in [4.69, 9.17) is 0 Å². The Hall–Kier alpha value is -1.17.